The first-order valence-corrected chi connectivity index (χ1v) is 8.95. The molecule has 5 heteroatoms. The minimum atomic E-state index is -3.15. The van der Waals surface area contributed by atoms with E-state index in [4.69, 9.17) is 11.6 Å². The molecule has 0 aliphatic heterocycles. The Morgan fingerprint density at radius 3 is 2.19 bits per heavy atom. The molecule has 3 nitrogen and oxygen atoms in total. The highest BCUT2D eigenvalue weighted by atomic mass is 35.5. The van der Waals surface area contributed by atoms with Crippen LogP contribution in [0.3, 0.4) is 0 Å². The molecule has 0 bridgehead atoms. The summed E-state index contributed by atoms with van der Waals surface area (Å²) in [5, 5.41) is 3.31. The molecule has 2 rings (SSSR count). The summed E-state index contributed by atoms with van der Waals surface area (Å²) in [5.74, 6) is 0.535. The van der Waals surface area contributed by atoms with Gasteiger partial charge in [-0.1, -0.05) is 37.3 Å². The number of hydrogen-bond acceptors (Lipinski definition) is 3. The quantitative estimate of drug-likeness (QED) is 0.821. The average molecular weight is 324 g/mol. The van der Waals surface area contributed by atoms with Crippen molar-refractivity contribution in [2.24, 2.45) is 0 Å². The van der Waals surface area contributed by atoms with Crippen LogP contribution in [0.25, 0.3) is 0 Å². The zero-order valence-corrected chi connectivity index (χ0v) is 13.4. The molecular formula is C16H18ClNO2S. The molecule has 2 aromatic rings. The number of hydrogen-bond donors (Lipinski definition) is 1. The predicted octanol–water partition coefficient (Wildman–Crippen LogP) is 3.87. The van der Waals surface area contributed by atoms with Gasteiger partial charge < -0.3 is 5.32 Å². The van der Waals surface area contributed by atoms with Gasteiger partial charge >= 0.3 is 0 Å². The van der Waals surface area contributed by atoms with Crippen molar-refractivity contribution in [2.75, 3.05) is 16.9 Å². The van der Waals surface area contributed by atoms with Crippen molar-refractivity contribution in [3.8, 4) is 0 Å². The lowest BCUT2D eigenvalue weighted by Crippen LogP contribution is -2.12. The van der Waals surface area contributed by atoms with Gasteiger partial charge in [0.25, 0.3) is 0 Å². The zero-order valence-electron chi connectivity index (χ0n) is 11.8. The van der Waals surface area contributed by atoms with E-state index in [0.29, 0.717) is 10.8 Å². The third-order valence-corrected chi connectivity index (χ3v) is 5.35. The number of halogens is 1. The molecule has 0 spiro atoms. The Hall–Kier alpha value is -1.52. The van der Waals surface area contributed by atoms with E-state index in [9.17, 15) is 8.42 Å². The first-order chi connectivity index (χ1) is 10.1. The average Bonchev–Trinajstić information content (AvgIpc) is 2.54. The maximum Gasteiger partial charge on any atom is 0.178 e. The van der Waals surface area contributed by atoms with Gasteiger partial charge in [0.05, 0.1) is 16.7 Å². The number of benzene rings is 2. The Bertz CT molecular complexity index is 669. The topological polar surface area (TPSA) is 46.2 Å². The van der Waals surface area contributed by atoms with Crippen molar-refractivity contribution in [1.82, 2.24) is 0 Å². The summed E-state index contributed by atoms with van der Waals surface area (Å²) in [6.45, 7) is 1.64. The molecule has 0 saturated heterocycles. The summed E-state index contributed by atoms with van der Waals surface area (Å²) in [4.78, 5) is 0.345. The van der Waals surface area contributed by atoms with Crippen LogP contribution in [0.2, 0.25) is 0 Å². The van der Waals surface area contributed by atoms with E-state index in [0.717, 1.165) is 11.3 Å². The molecule has 112 valence electrons. The van der Waals surface area contributed by atoms with Crippen LogP contribution < -0.4 is 5.32 Å². The van der Waals surface area contributed by atoms with Crippen LogP contribution in [-0.2, 0) is 9.84 Å². The minimum Gasteiger partial charge on any atom is -0.377 e. The second-order valence-corrected chi connectivity index (χ2v) is 7.28. The monoisotopic (exact) mass is 323 g/mol. The molecule has 0 fully saturated rings. The van der Waals surface area contributed by atoms with Gasteiger partial charge in [-0.05, 0) is 29.8 Å². The zero-order chi connectivity index (χ0) is 15.3. The fraction of sp³-hybridized carbons (Fsp3) is 0.250. The molecule has 1 atom stereocenters. The summed E-state index contributed by atoms with van der Waals surface area (Å²) < 4.78 is 23.5. The SMILES string of the molecule is CCS(=O)(=O)c1ccc(NC(CCl)c2ccccc2)cc1. The predicted molar refractivity (Wildman–Crippen MR) is 87.7 cm³/mol. The summed E-state index contributed by atoms with van der Waals surface area (Å²) in [6, 6.07) is 16.7. The molecule has 0 aliphatic carbocycles. The molecule has 1 unspecified atom stereocenters. The molecule has 0 aliphatic rings. The Kier molecular flexibility index (Phi) is 5.26. The Morgan fingerprint density at radius 1 is 1.05 bits per heavy atom. The van der Waals surface area contributed by atoms with Gasteiger partial charge in [-0.2, -0.15) is 0 Å². The lowest BCUT2D eigenvalue weighted by atomic mass is 10.1. The van der Waals surface area contributed by atoms with Crippen LogP contribution in [0.4, 0.5) is 5.69 Å². The van der Waals surface area contributed by atoms with Crippen LogP contribution in [0.5, 0.6) is 0 Å². The van der Waals surface area contributed by atoms with Gasteiger partial charge in [-0.15, -0.1) is 11.6 Å². The number of nitrogens with one attached hydrogen (secondary N) is 1. The van der Waals surface area contributed by atoms with Crippen molar-refractivity contribution in [1.29, 1.82) is 0 Å². The Morgan fingerprint density at radius 2 is 1.67 bits per heavy atom. The lowest BCUT2D eigenvalue weighted by Gasteiger charge is -2.18. The van der Waals surface area contributed by atoms with Crippen molar-refractivity contribution in [3.05, 3.63) is 60.2 Å². The number of sulfone groups is 1. The first-order valence-electron chi connectivity index (χ1n) is 6.77. The standard InChI is InChI=1S/C16H18ClNO2S/c1-2-21(19,20)15-10-8-14(9-11-15)18-16(12-17)13-6-4-3-5-7-13/h3-11,16,18H,2,12H2,1H3. The summed E-state index contributed by atoms with van der Waals surface area (Å²) in [5.41, 5.74) is 1.94. The highest BCUT2D eigenvalue weighted by Gasteiger charge is 2.12. The van der Waals surface area contributed by atoms with Crippen molar-refractivity contribution < 1.29 is 8.42 Å². The van der Waals surface area contributed by atoms with Gasteiger partial charge in [-0.3, -0.25) is 0 Å². The molecule has 0 heterocycles. The van der Waals surface area contributed by atoms with E-state index < -0.39 is 9.84 Å². The number of alkyl halides is 1. The van der Waals surface area contributed by atoms with Crippen LogP contribution in [0.1, 0.15) is 18.5 Å². The molecular weight excluding hydrogens is 306 g/mol. The molecule has 2 aromatic carbocycles. The molecule has 1 N–H and O–H groups in total. The molecule has 0 amide bonds. The first kappa shape index (κ1) is 15.9. The van der Waals surface area contributed by atoms with Gasteiger partial charge in [0.2, 0.25) is 0 Å². The van der Waals surface area contributed by atoms with E-state index in [1.165, 1.54) is 0 Å². The lowest BCUT2D eigenvalue weighted by molar-refractivity contribution is 0.597. The second-order valence-electron chi connectivity index (χ2n) is 4.69. The van der Waals surface area contributed by atoms with E-state index >= 15 is 0 Å². The van der Waals surface area contributed by atoms with E-state index in [1.807, 2.05) is 30.3 Å². The maximum absolute atomic E-state index is 11.8. The highest BCUT2D eigenvalue weighted by Crippen LogP contribution is 2.22. The largest absolute Gasteiger partial charge is 0.377 e. The smallest absolute Gasteiger partial charge is 0.178 e. The third kappa shape index (κ3) is 3.99. The fourth-order valence-corrected chi connectivity index (χ4v) is 3.16. The normalized spacial score (nSPS) is 12.9. The van der Waals surface area contributed by atoms with E-state index in [2.05, 4.69) is 5.32 Å². The maximum atomic E-state index is 11.8. The van der Waals surface area contributed by atoms with Crippen molar-refractivity contribution in [3.63, 3.8) is 0 Å². The van der Waals surface area contributed by atoms with Crippen molar-refractivity contribution >= 4 is 27.1 Å². The highest BCUT2D eigenvalue weighted by molar-refractivity contribution is 7.91. The summed E-state index contributed by atoms with van der Waals surface area (Å²) in [7, 11) is -3.15. The number of rotatable bonds is 6. The summed E-state index contributed by atoms with van der Waals surface area (Å²) in [6.07, 6.45) is 0. The van der Waals surface area contributed by atoms with Crippen LogP contribution in [-0.4, -0.2) is 20.1 Å². The minimum absolute atomic E-state index is 0.0125. The van der Waals surface area contributed by atoms with Crippen molar-refractivity contribution in [2.45, 2.75) is 17.9 Å². The second kappa shape index (κ2) is 6.96. The van der Waals surface area contributed by atoms with Gasteiger partial charge in [-0.25, -0.2) is 8.42 Å². The van der Waals surface area contributed by atoms with Crippen LogP contribution in [0.15, 0.2) is 59.5 Å². The molecule has 0 radical (unpaired) electrons. The van der Waals surface area contributed by atoms with Gasteiger partial charge in [0.1, 0.15) is 0 Å². The third-order valence-electron chi connectivity index (χ3n) is 3.29. The molecule has 0 aromatic heterocycles. The summed E-state index contributed by atoms with van der Waals surface area (Å²) >= 11 is 6.02. The van der Waals surface area contributed by atoms with E-state index in [-0.39, 0.29) is 11.8 Å². The van der Waals surface area contributed by atoms with Crippen LogP contribution >= 0.6 is 11.6 Å². The number of anilines is 1. The van der Waals surface area contributed by atoms with Gasteiger partial charge in [0.15, 0.2) is 9.84 Å². The fourth-order valence-electron chi connectivity index (χ4n) is 2.02. The van der Waals surface area contributed by atoms with E-state index in [1.54, 1.807) is 31.2 Å². The van der Waals surface area contributed by atoms with Crippen LogP contribution in [0, 0.1) is 0 Å². The Balaban J connectivity index is 2.16. The Labute approximate surface area is 130 Å². The molecule has 21 heavy (non-hydrogen) atoms. The van der Waals surface area contributed by atoms with Gasteiger partial charge in [0, 0.05) is 11.6 Å². The molecule has 0 saturated carbocycles.